The van der Waals surface area contributed by atoms with E-state index in [1.165, 1.54) is 11.3 Å². The lowest BCUT2D eigenvalue weighted by Gasteiger charge is -2.27. The third kappa shape index (κ3) is 3.67. The van der Waals surface area contributed by atoms with Crippen LogP contribution >= 0.6 is 11.3 Å². The zero-order valence-corrected chi connectivity index (χ0v) is 15.0. The highest BCUT2D eigenvalue weighted by molar-refractivity contribution is 7.89. The van der Waals surface area contributed by atoms with E-state index in [-0.39, 0.29) is 11.5 Å². The molecule has 1 unspecified atom stereocenters. The van der Waals surface area contributed by atoms with E-state index < -0.39 is 10.0 Å². The molecule has 1 aromatic heterocycles. The van der Waals surface area contributed by atoms with E-state index in [2.05, 4.69) is 23.9 Å². The fraction of sp³-hybridized carbons (Fsp3) is 0.733. The van der Waals surface area contributed by atoms with Crippen molar-refractivity contribution in [2.45, 2.75) is 64.4 Å². The fourth-order valence-electron chi connectivity index (χ4n) is 3.00. The summed E-state index contributed by atoms with van der Waals surface area (Å²) in [5.41, 5.74) is 0.884. The first-order valence-corrected chi connectivity index (χ1v) is 9.94. The number of nitrogens with one attached hydrogen (secondary N) is 2. The summed E-state index contributed by atoms with van der Waals surface area (Å²) >= 11 is 1.52. The first kappa shape index (κ1) is 16.9. The van der Waals surface area contributed by atoms with Gasteiger partial charge in [0, 0.05) is 17.5 Å². The minimum atomic E-state index is -3.44. The van der Waals surface area contributed by atoms with Crippen LogP contribution in [0.2, 0.25) is 0 Å². The van der Waals surface area contributed by atoms with E-state index in [9.17, 15) is 8.42 Å². The van der Waals surface area contributed by atoms with Crippen LogP contribution in [0.1, 0.15) is 50.5 Å². The normalized spacial score (nSPS) is 21.8. The molecule has 2 N–H and O–H groups in total. The van der Waals surface area contributed by atoms with E-state index in [1.807, 2.05) is 19.2 Å². The Labute approximate surface area is 132 Å². The van der Waals surface area contributed by atoms with Gasteiger partial charge in [0.05, 0.1) is 0 Å². The molecule has 0 saturated heterocycles. The average molecular weight is 331 g/mol. The van der Waals surface area contributed by atoms with Crippen LogP contribution in [0.15, 0.2) is 10.3 Å². The second-order valence-corrected chi connectivity index (χ2v) is 9.12. The summed E-state index contributed by atoms with van der Waals surface area (Å²) in [6, 6.07) is 0.0359. The van der Waals surface area contributed by atoms with Gasteiger partial charge in [-0.2, -0.15) is 0 Å². The smallest absolute Gasteiger partial charge is 0.242 e. The third-order valence-electron chi connectivity index (χ3n) is 4.35. The SMILES string of the molecule is CCNCc1scc(C)c1S(=O)(=O)NC1CCCC1(C)C. The summed E-state index contributed by atoms with van der Waals surface area (Å²) in [4.78, 5) is 1.38. The maximum absolute atomic E-state index is 12.8. The molecule has 1 fully saturated rings. The predicted octanol–water partition coefficient (Wildman–Crippen LogP) is 3.02. The molecule has 4 nitrogen and oxygen atoms in total. The van der Waals surface area contributed by atoms with Crippen LogP contribution < -0.4 is 10.0 Å². The van der Waals surface area contributed by atoms with Crippen molar-refractivity contribution in [3.05, 3.63) is 15.8 Å². The summed E-state index contributed by atoms with van der Waals surface area (Å²) in [5, 5.41) is 5.15. The van der Waals surface area contributed by atoms with Gasteiger partial charge in [-0.1, -0.05) is 27.2 Å². The second kappa shape index (κ2) is 6.36. The average Bonchev–Trinajstić information content (AvgIpc) is 2.90. The Hall–Kier alpha value is -0.430. The quantitative estimate of drug-likeness (QED) is 0.843. The highest BCUT2D eigenvalue weighted by Gasteiger charge is 2.38. The van der Waals surface area contributed by atoms with Crippen molar-refractivity contribution >= 4 is 21.4 Å². The second-order valence-electron chi connectivity index (χ2n) is 6.51. The van der Waals surface area contributed by atoms with Crippen molar-refractivity contribution in [3.8, 4) is 0 Å². The Balaban J connectivity index is 2.25. The van der Waals surface area contributed by atoms with E-state index in [0.29, 0.717) is 11.4 Å². The Morgan fingerprint density at radius 3 is 2.71 bits per heavy atom. The molecule has 0 spiro atoms. The molecule has 1 aliphatic rings. The van der Waals surface area contributed by atoms with Gasteiger partial charge in [0.15, 0.2) is 0 Å². The molecule has 120 valence electrons. The molecule has 1 aromatic rings. The number of aryl methyl sites for hydroxylation is 1. The first-order chi connectivity index (χ1) is 9.78. The lowest BCUT2D eigenvalue weighted by atomic mass is 9.88. The lowest BCUT2D eigenvalue weighted by molar-refractivity contribution is 0.313. The van der Waals surface area contributed by atoms with Gasteiger partial charge in [-0.25, -0.2) is 13.1 Å². The van der Waals surface area contributed by atoms with Gasteiger partial charge in [-0.15, -0.1) is 11.3 Å². The van der Waals surface area contributed by atoms with Crippen molar-refractivity contribution in [1.82, 2.24) is 10.0 Å². The van der Waals surface area contributed by atoms with Gasteiger partial charge in [0.2, 0.25) is 10.0 Å². The molecular weight excluding hydrogens is 304 g/mol. The van der Waals surface area contributed by atoms with Gasteiger partial charge >= 0.3 is 0 Å². The van der Waals surface area contributed by atoms with E-state index in [0.717, 1.165) is 36.2 Å². The number of sulfonamides is 1. The molecule has 1 atom stereocenters. The van der Waals surface area contributed by atoms with Crippen molar-refractivity contribution < 1.29 is 8.42 Å². The molecule has 1 heterocycles. The molecule has 2 rings (SSSR count). The summed E-state index contributed by atoms with van der Waals surface area (Å²) < 4.78 is 28.6. The topological polar surface area (TPSA) is 58.2 Å². The summed E-state index contributed by atoms with van der Waals surface area (Å²) in [5.74, 6) is 0. The van der Waals surface area contributed by atoms with Crippen molar-refractivity contribution in [2.75, 3.05) is 6.54 Å². The van der Waals surface area contributed by atoms with Crippen LogP contribution in [-0.2, 0) is 16.6 Å². The monoisotopic (exact) mass is 330 g/mol. The largest absolute Gasteiger partial charge is 0.312 e. The number of hydrogen-bond acceptors (Lipinski definition) is 4. The zero-order chi connectivity index (χ0) is 15.7. The molecule has 0 amide bonds. The van der Waals surface area contributed by atoms with E-state index in [1.54, 1.807) is 0 Å². The van der Waals surface area contributed by atoms with Crippen LogP contribution in [-0.4, -0.2) is 21.0 Å². The summed E-state index contributed by atoms with van der Waals surface area (Å²) in [6.07, 6.45) is 3.10. The van der Waals surface area contributed by atoms with Gasteiger partial charge < -0.3 is 5.32 Å². The van der Waals surface area contributed by atoms with Crippen molar-refractivity contribution in [2.24, 2.45) is 5.41 Å². The summed E-state index contributed by atoms with van der Waals surface area (Å²) in [6.45, 7) is 9.63. The van der Waals surface area contributed by atoms with Crippen molar-refractivity contribution in [1.29, 1.82) is 0 Å². The first-order valence-electron chi connectivity index (χ1n) is 7.58. The van der Waals surface area contributed by atoms with Crippen LogP contribution in [0.4, 0.5) is 0 Å². The molecule has 21 heavy (non-hydrogen) atoms. The lowest BCUT2D eigenvalue weighted by Crippen LogP contribution is -2.41. The summed E-state index contributed by atoms with van der Waals surface area (Å²) in [7, 11) is -3.44. The van der Waals surface area contributed by atoms with Crippen molar-refractivity contribution in [3.63, 3.8) is 0 Å². The third-order valence-corrected chi connectivity index (χ3v) is 7.28. The van der Waals surface area contributed by atoms with Gasteiger partial charge in [0.1, 0.15) is 4.90 Å². The Morgan fingerprint density at radius 1 is 1.43 bits per heavy atom. The zero-order valence-electron chi connectivity index (χ0n) is 13.3. The molecule has 0 aromatic carbocycles. The molecule has 0 aliphatic heterocycles. The number of hydrogen-bond donors (Lipinski definition) is 2. The van der Waals surface area contributed by atoms with Crippen LogP contribution in [0.5, 0.6) is 0 Å². The molecule has 1 aliphatic carbocycles. The standard InChI is InChI=1S/C15H26N2O2S2/c1-5-16-9-12-14(11(2)10-20-12)21(18,19)17-13-7-6-8-15(13,3)4/h10,13,16-17H,5-9H2,1-4H3. The van der Waals surface area contributed by atoms with Crippen LogP contribution in [0.3, 0.4) is 0 Å². The highest BCUT2D eigenvalue weighted by atomic mass is 32.2. The molecular formula is C15H26N2O2S2. The predicted molar refractivity (Wildman–Crippen MR) is 88.2 cm³/mol. The Morgan fingerprint density at radius 2 is 2.14 bits per heavy atom. The molecule has 0 radical (unpaired) electrons. The van der Waals surface area contributed by atoms with E-state index >= 15 is 0 Å². The Bertz CT molecular complexity index is 591. The van der Waals surface area contributed by atoms with Crippen LogP contribution in [0, 0.1) is 12.3 Å². The molecule has 6 heteroatoms. The van der Waals surface area contributed by atoms with E-state index in [4.69, 9.17) is 0 Å². The Kier molecular flexibility index (Phi) is 5.13. The minimum absolute atomic E-state index is 0.0359. The minimum Gasteiger partial charge on any atom is -0.312 e. The number of rotatable bonds is 6. The highest BCUT2D eigenvalue weighted by Crippen LogP contribution is 2.38. The van der Waals surface area contributed by atoms with Gasteiger partial charge in [-0.3, -0.25) is 0 Å². The fourth-order valence-corrected chi connectivity index (χ4v) is 6.22. The maximum Gasteiger partial charge on any atom is 0.242 e. The number of thiophene rings is 1. The van der Waals surface area contributed by atoms with Gasteiger partial charge in [0.25, 0.3) is 0 Å². The molecule has 0 bridgehead atoms. The maximum atomic E-state index is 12.8. The van der Waals surface area contributed by atoms with Crippen LogP contribution in [0.25, 0.3) is 0 Å². The van der Waals surface area contributed by atoms with Gasteiger partial charge in [-0.05, 0) is 42.7 Å². The molecule has 1 saturated carbocycles.